The van der Waals surface area contributed by atoms with E-state index in [4.69, 9.17) is 9.47 Å². The predicted molar refractivity (Wildman–Crippen MR) is 76.0 cm³/mol. The van der Waals surface area contributed by atoms with Crippen molar-refractivity contribution in [2.45, 2.75) is 77.5 Å². The summed E-state index contributed by atoms with van der Waals surface area (Å²) in [7, 11) is 0. The molecular formula is C15H31NO2. The van der Waals surface area contributed by atoms with Gasteiger partial charge in [0.15, 0.2) is 0 Å². The summed E-state index contributed by atoms with van der Waals surface area (Å²) in [6, 6.07) is 0.427. The Morgan fingerprint density at radius 2 is 2.17 bits per heavy atom. The van der Waals surface area contributed by atoms with Crippen molar-refractivity contribution in [3.8, 4) is 0 Å². The first-order valence-electron chi connectivity index (χ1n) is 7.65. The van der Waals surface area contributed by atoms with E-state index in [1.54, 1.807) is 0 Å². The van der Waals surface area contributed by atoms with Crippen molar-refractivity contribution in [3.05, 3.63) is 0 Å². The van der Waals surface area contributed by atoms with Gasteiger partial charge in [-0.1, -0.05) is 13.8 Å². The zero-order valence-corrected chi connectivity index (χ0v) is 12.6. The Balaban J connectivity index is 2.50. The molecule has 0 aromatic heterocycles. The van der Waals surface area contributed by atoms with Crippen LogP contribution < -0.4 is 5.32 Å². The van der Waals surface area contributed by atoms with Gasteiger partial charge in [-0.15, -0.1) is 0 Å². The van der Waals surface area contributed by atoms with Crippen molar-refractivity contribution in [3.63, 3.8) is 0 Å². The van der Waals surface area contributed by atoms with Crippen molar-refractivity contribution in [2.75, 3.05) is 19.8 Å². The van der Waals surface area contributed by atoms with E-state index in [0.29, 0.717) is 12.1 Å². The van der Waals surface area contributed by atoms with Gasteiger partial charge < -0.3 is 14.8 Å². The SMILES string of the molecule is CCNC(CCC1CCCO1)C(C)(CC)OCC. The van der Waals surface area contributed by atoms with Crippen LogP contribution in [0.1, 0.15) is 59.8 Å². The molecule has 1 N–H and O–H groups in total. The van der Waals surface area contributed by atoms with Crippen LogP contribution in [0.5, 0.6) is 0 Å². The molecule has 0 saturated carbocycles. The molecule has 1 fully saturated rings. The fourth-order valence-corrected chi connectivity index (χ4v) is 2.87. The van der Waals surface area contributed by atoms with Gasteiger partial charge in [0.2, 0.25) is 0 Å². The second-order valence-electron chi connectivity index (χ2n) is 5.42. The molecule has 108 valence electrons. The van der Waals surface area contributed by atoms with Crippen LogP contribution in [0, 0.1) is 0 Å². The van der Waals surface area contributed by atoms with Crippen LogP contribution in [-0.4, -0.2) is 37.5 Å². The summed E-state index contributed by atoms with van der Waals surface area (Å²) in [6.07, 6.45) is 6.28. The molecule has 0 radical (unpaired) electrons. The molecule has 0 aromatic rings. The van der Waals surface area contributed by atoms with E-state index in [2.05, 4.69) is 33.0 Å². The van der Waals surface area contributed by atoms with Crippen LogP contribution in [-0.2, 0) is 9.47 Å². The van der Waals surface area contributed by atoms with Gasteiger partial charge in [-0.2, -0.15) is 0 Å². The lowest BCUT2D eigenvalue weighted by Gasteiger charge is -2.38. The number of hydrogen-bond donors (Lipinski definition) is 1. The summed E-state index contributed by atoms with van der Waals surface area (Å²) < 4.78 is 11.7. The lowest BCUT2D eigenvalue weighted by atomic mass is 9.88. The second kappa shape index (κ2) is 8.13. The lowest BCUT2D eigenvalue weighted by Crippen LogP contribution is -2.50. The average Bonchev–Trinajstić information content (AvgIpc) is 2.87. The van der Waals surface area contributed by atoms with E-state index >= 15 is 0 Å². The Morgan fingerprint density at radius 1 is 1.39 bits per heavy atom. The summed E-state index contributed by atoms with van der Waals surface area (Å²) in [5.41, 5.74) is -0.0522. The Morgan fingerprint density at radius 3 is 2.67 bits per heavy atom. The number of ether oxygens (including phenoxy) is 2. The third-order valence-electron chi connectivity index (χ3n) is 4.17. The maximum atomic E-state index is 6.01. The molecule has 3 unspecified atom stereocenters. The first-order valence-corrected chi connectivity index (χ1v) is 7.65. The Bertz CT molecular complexity index is 217. The Labute approximate surface area is 113 Å². The van der Waals surface area contributed by atoms with Crippen molar-refractivity contribution >= 4 is 0 Å². The minimum absolute atomic E-state index is 0.0522. The highest BCUT2D eigenvalue weighted by Gasteiger charge is 2.33. The predicted octanol–water partition coefficient (Wildman–Crippen LogP) is 3.13. The number of rotatable bonds is 9. The Kier molecular flexibility index (Phi) is 7.20. The topological polar surface area (TPSA) is 30.5 Å². The Hall–Kier alpha value is -0.120. The van der Waals surface area contributed by atoms with E-state index in [1.165, 1.54) is 12.8 Å². The van der Waals surface area contributed by atoms with Crippen LogP contribution in [0.25, 0.3) is 0 Å². The largest absolute Gasteiger partial charge is 0.378 e. The number of likely N-dealkylation sites (N-methyl/N-ethyl adjacent to an activating group) is 1. The zero-order valence-electron chi connectivity index (χ0n) is 12.6. The van der Waals surface area contributed by atoms with E-state index < -0.39 is 0 Å². The van der Waals surface area contributed by atoms with Gasteiger partial charge in [-0.25, -0.2) is 0 Å². The molecule has 18 heavy (non-hydrogen) atoms. The number of hydrogen-bond acceptors (Lipinski definition) is 3. The minimum atomic E-state index is -0.0522. The molecule has 3 nitrogen and oxygen atoms in total. The smallest absolute Gasteiger partial charge is 0.0803 e. The van der Waals surface area contributed by atoms with E-state index in [9.17, 15) is 0 Å². The molecule has 0 spiro atoms. The molecule has 1 saturated heterocycles. The van der Waals surface area contributed by atoms with Crippen molar-refractivity contribution in [2.24, 2.45) is 0 Å². The molecule has 1 aliphatic rings. The van der Waals surface area contributed by atoms with E-state index in [1.807, 2.05) is 0 Å². The molecule has 3 heteroatoms. The highest BCUT2D eigenvalue weighted by atomic mass is 16.5. The summed E-state index contributed by atoms with van der Waals surface area (Å²) in [5, 5.41) is 3.60. The maximum absolute atomic E-state index is 6.01. The van der Waals surface area contributed by atoms with Gasteiger partial charge in [0, 0.05) is 19.3 Å². The van der Waals surface area contributed by atoms with Crippen LogP contribution in [0.3, 0.4) is 0 Å². The normalized spacial score (nSPS) is 25.0. The molecule has 3 atom stereocenters. The monoisotopic (exact) mass is 257 g/mol. The van der Waals surface area contributed by atoms with Crippen LogP contribution in [0.4, 0.5) is 0 Å². The molecule has 1 rings (SSSR count). The van der Waals surface area contributed by atoms with Gasteiger partial charge in [0.1, 0.15) is 0 Å². The highest BCUT2D eigenvalue weighted by Crippen LogP contribution is 2.26. The first-order chi connectivity index (χ1) is 8.66. The van der Waals surface area contributed by atoms with Crippen LogP contribution >= 0.6 is 0 Å². The van der Waals surface area contributed by atoms with Gasteiger partial charge >= 0.3 is 0 Å². The number of nitrogens with one attached hydrogen (secondary N) is 1. The van der Waals surface area contributed by atoms with E-state index in [-0.39, 0.29) is 5.60 Å². The molecule has 0 aliphatic carbocycles. The van der Waals surface area contributed by atoms with Crippen molar-refractivity contribution in [1.82, 2.24) is 5.32 Å². The maximum Gasteiger partial charge on any atom is 0.0803 e. The molecule has 0 aromatic carbocycles. The van der Waals surface area contributed by atoms with Gasteiger partial charge in [0.05, 0.1) is 11.7 Å². The molecular weight excluding hydrogens is 226 g/mol. The zero-order chi connectivity index (χ0) is 13.4. The summed E-state index contributed by atoms with van der Waals surface area (Å²) >= 11 is 0. The molecule has 0 amide bonds. The summed E-state index contributed by atoms with van der Waals surface area (Å²) in [4.78, 5) is 0. The summed E-state index contributed by atoms with van der Waals surface area (Å²) in [6.45, 7) is 11.4. The first kappa shape index (κ1) is 15.9. The summed E-state index contributed by atoms with van der Waals surface area (Å²) in [5.74, 6) is 0. The van der Waals surface area contributed by atoms with Crippen LogP contribution in [0.2, 0.25) is 0 Å². The second-order valence-corrected chi connectivity index (χ2v) is 5.42. The lowest BCUT2D eigenvalue weighted by molar-refractivity contribution is -0.0592. The quantitative estimate of drug-likeness (QED) is 0.688. The van der Waals surface area contributed by atoms with E-state index in [0.717, 1.165) is 39.0 Å². The molecule has 0 bridgehead atoms. The standard InChI is InChI=1S/C15H31NO2/c1-5-15(4,18-7-3)14(16-6-2)11-10-13-9-8-12-17-13/h13-14,16H,5-12H2,1-4H3. The minimum Gasteiger partial charge on any atom is -0.378 e. The van der Waals surface area contributed by atoms with Crippen LogP contribution in [0.15, 0.2) is 0 Å². The molecule has 1 aliphatic heterocycles. The van der Waals surface area contributed by atoms with Crippen molar-refractivity contribution < 1.29 is 9.47 Å². The third kappa shape index (κ3) is 4.52. The van der Waals surface area contributed by atoms with Crippen molar-refractivity contribution in [1.29, 1.82) is 0 Å². The fourth-order valence-electron chi connectivity index (χ4n) is 2.87. The average molecular weight is 257 g/mol. The fraction of sp³-hybridized carbons (Fsp3) is 1.00. The highest BCUT2D eigenvalue weighted by molar-refractivity contribution is 4.89. The van der Waals surface area contributed by atoms with Gasteiger partial charge in [-0.3, -0.25) is 0 Å². The molecule has 1 heterocycles. The third-order valence-corrected chi connectivity index (χ3v) is 4.17. The van der Waals surface area contributed by atoms with Gasteiger partial charge in [0.25, 0.3) is 0 Å². The van der Waals surface area contributed by atoms with Gasteiger partial charge in [-0.05, 0) is 52.5 Å².